The van der Waals surface area contributed by atoms with Crippen molar-refractivity contribution in [3.63, 3.8) is 0 Å². The predicted octanol–water partition coefficient (Wildman–Crippen LogP) is 14.4. The van der Waals surface area contributed by atoms with Crippen LogP contribution in [0.4, 0.5) is 0 Å². The average Bonchev–Trinajstić information content (AvgIpc) is 3.66. The largest absolute Gasteiger partial charge is 0.452 e. The minimum absolute atomic E-state index is 0.805. The molecule has 0 radical (unpaired) electrons. The first-order valence-corrected chi connectivity index (χ1v) is 19.1. The fourth-order valence-corrected chi connectivity index (χ4v) is 9.00. The minimum atomic E-state index is 0.805. The van der Waals surface area contributed by atoms with Crippen molar-refractivity contribution >= 4 is 54.1 Å². The van der Waals surface area contributed by atoms with Gasteiger partial charge in [0.1, 0.15) is 11.3 Å². The van der Waals surface area contributed by atoms with E-state index in [-0.39, 0.29) is 0 Å². The lowest BCUT2D eigenvalue weighted by atomic mass is 9.84. The molecular weight excluding hydrogens is 681 g/mol. The van der Waals surface area contributed by atoms with Gasteiger partial charge in [0.15, 0.2) is 11.5 Å². The number of aromatic nitrogens is 2. The summed E-state index contributed by atoms with van der Waals surface area (Å²) in [5, 5.41) is 9.80. The molecule has 0 saturated heterocycles. The molecular formula is C53H32N2O. The van der Waals surface area contributed by atoms with Crippen molar-refractivity contribution in [1.29, 1.82) is 0 Å². The van der Waals surface area contributed by atoms with Crippen LogP contribution in [-0.4, -0.2) is 9.55 Å². The molecule has 0 bridgehead atoms. The summed E-state index contributed by atoms with van der Waals surface area (Å²) in [7, 11) is 0. The van der Waals surface area contributed by atoms with Gasteiger partial charge in [-0.25, -0.2) is 4.98 Å². The number of hydrogen-bond acceptors (Lipinski definition) is 2. The Labute approximate surface area is 323 Å². The summed E-state index contributed by atoms with van der Waals surface area (Å²) >= 11 is 0. The number of nitrogens with zero attached hydrogens (tertiary/aromatic N) is 2. The maximum Gasteiger partial charge on any atom is 0.159 e. The molecule has 12 rings (SSSR count). The minimum Gasteiger partial charge on any atom is -0.452 e. The molecule has 0 unspecified atom stereocenters. The topological polar surface area (TPSA) is 27.1 Å². The summed E-state index contributed by atoms with van der Waals surface area (Å²) in [6.45, 7) is 0. The van der Waals surface area contributed by atoms with E-state index in [1.54, 1.807) is 0 Å². The van der Waals surface area contributed by atoms with Crippen LogP contribution in [0.5, 0.6) is 11.5 Å². The van der Waals surface area contributed by atoms with Gasteiger partial charge in [0, 0.05) is 11.1 Å². The Hall–Kier alpha value is -7.49. The van der Waals surface area contributed by atoms with Crippen LogP contribution in [0.2, 0.25) is 0 Å². The van der Waals surface area contributed by atoms with Crippen molar-refractivity contribution in [3.05, 3.63) is 194 Å². The summed E-state index contributed by atoms with van der Waals surface area (Å²) in [4.78, 5) is 5.13. The normalized spacial score (nSPS) is 12.1. The van der Waals surface area contributed by atoms with E-state index in [4.69, 9.17) is 9.72 Å². The molecule has 0 spiro atoms. The van der Waals surface area contributed by atoms with Gasteiger partial charge in [-0.1, -0.05) is 158 Å². The molecule has 0 fully saturated rings. The second kappa shape index (κ2) is 12.0. The van der Waals surface area contributed by atoms with Crippen LogP contribution >= 0.6 is 0 Å². The fourth-order valence-electron chi connectivity index (χ4n) is 9.00. The number of imidazole rings is 1. The van der Waals surface area contributed by atoms with Gasteiger partial charge in [0.05, 0.1) is 11.2 Å². The number of rotatable bonds is 4. The molecule has 0 saturated carbocycles. The molecule has 0 amide bonds. The highest BCUT2D eigenvalue weighted by molar-refractivity contribution is 6.22. The molecule has 10 aromatic carbocycles. The Morgan fingerprint density at radius 3 is 1.70 bits per heavy atom. The van der Waals surface area contributed by atoms with Crippen molar-refractivity contribution < 1.29 is 4.74 Å². The van der Waals surface area contributed by atoms with E-state index in [1.807, 2.05) is 12.1 Å². The zero-order chi connectivity index (χ0) is 36.7. The molecule has 1 aliphatic rings. The van der Waals surface area contributed by atoms with E-state index in [1.165, 1.54) is 65.3 Å². The summed E-state index contributed by atoms with van der Waals surface area (Å²) < 4.78 is 9.18. The number of fused-ring (bicyclic) bond motifs is 6. The lowest BCUT2D eigenvalue weighted by Gasteiger charge is -2.24. The van der Waals surface area contributed by atoms with Crippen molar-refractivity contribution in [2.45, 2.75) is 0 Å². The van der Waals surface area contributed by atoms with E-state index < -0.39 is 0 Å². The van der Waals surface area contributed by atoms with Crippen LogP contribution < -0.4 is 4.74 Å². The van der Waals surface area contributed by atoms with Crippen LogP contribution in [0.3, 0.4) is 0 Å². The van der Waals surface area contributed by atoms with E-state index in [0.717, 1.165) is 50.7 Å². The van der Waals surface area contributed by atoms with Crippen LogP contribution in [0.1, 0.15) is 0 Å². The van der Waals surface area contributed by atoms with Crippen LogP contribution in [-0.2, 0) is 0 Å². The van der Waals surface area contributed by atoms with Crippen molar-refractivity contribution in [1.82, 2.24) is 9.55 Å². The lowest BCUT2D eigenvalue weighted by Crippen LogP contribution is -2.06. The molecule has 2 heterocycles. The first-order valence-electron chi connectivity index (χ1n) is 19.1. The van der Waals surface area contributed by atoms with Crippen LogP contribution in [0, 0.1) is 0 Å². The Morgan fingerprint density at radius 2 is 0.982 bits per heavy atom. The van der Waals surface area contributed by atoms with Gasteiger partial charge in [-0.05, 0) is 107 Å². The Morgan fingerprint density at radius 1 is 0.393 bits per heavy atom. The van der Waals surface area contributed by atoms with Crippen LogP contribution in [0.15, 0.2) is 194 Å². The summed E-state index contributed by atoms with van der Waals surface area (Å²) in [6, 6.07) is 69.9. The number of para-hydroxylation sites is 2. The first kappa shape index (κ1) is 30.9. The Kier molecular flexibility index (Phi) is 6.63. The summed E-state index contributed by atoms with van der Waals surface area (Å²) in [5.41, 5.74) is 10.9. The first-order chi connectivity index (χ1) is 27.8. The monoisotopic (exact) mass is 712 g/mol. The second-order valence-electron chi connectivity index (χ2n) is 14.7. The average molecular weight is 713 g/mol. The molecule has 1 aromatic heterocycles. The van der Waals surface area contributed by atoms with Crippen molar-refractivity contribution in [2.75, 3.05) is 0 Å². The predicted molar refractivity (Wildman–Crippen MR) is 233 cm³/mol. The molecule has 56 heavy (non-hydrogen) atoms. The molecule has 3 nitrogen and oxygen atoms in total. The molecule has 11 aromatic rings. The Balaban J connectivity index is 1.15. The zero-order valence-electron chi connectivity index (χ0n) is 30.3. The number of hydrogen-bond donors (Lipinski definition) is 0. The third-order valence-electron chi connectivity index (χ3n) is 11.5. The van der Waals surface area contributed by atoms with Crippen LogP contribution in [0.25, 0.3) is 105 Å². The maximum absolute atomic E-state index is 6.90. The van der Waals surface area contributed by atoms with Gasteiger partial charge < -0.3 is 4.74 Å². The van der Waals surface area contributed by atoms with Crippen molar-refractivity contribution in [3.8, 4) is 62.0 Å². The van der Waals surface area contributed by atoms with Gasteiger partial charge in [-0.15, -0.1) is 0 Å². The van der Waals surface area contributed by atoms with Gasteiger partial charge in [-0.3, -0.25) is 4.57 Å². The van der Waals surface area contributed by atoms with E-state index in [0.29, 0.717) is 0 Å². The van der Waals surface area contributed by atoms with Gasteiger partial charge in [0.2, 0.25) is 0 Å². The standard InChI is InChI=1S/C53H32N2O/c1-2-14-35(15-3-1)53-54-46-21-11-23-48-51(46)55(53)47-22-10-20-41(52(47)56-48)38-28-29-44-45(32-38)50(40-27-25-34-13-5-7-17-37(34)31-40)43-19-9-8-18-42(43)49(44)39-26-24-33-12-4-6-16-36(33)30-39/h1-32H. The van der Waals surface area contributed by atoms with E-state index in [2.05, 4.69) is 187 Å². The molecule has 0 aliphatic carbocycles. The lowest BCUT2D eigenvalue weighted by molar-refractivity contribution is 0.477. The van der Waals surface area contributed by atoms with Gasteiger partial charge in [0.25, 0.3) is 0 Å². The second-order valence-corrected chi connectivity index (χ2v) is 14.7. The van der Waals surface area contributed by atoms with Crippen molar-refractivity contribution in [2.24, 2.45) is 0 Å². The smallest absolute Gasteiger partial charge is 0.159 e. The summed E-state index contributed by atoms with van der Waals surface area (Å²) in [5.74, 6) is 2.53. The molecule has 3 heteroatoms. The molecule has 0 N–H and O–H groups in total. The van der Waals surface area contributed by atoms with Gasteiger partial charge >= 0.3 is 0 Å². The SMILES string of the molecule is c1ccc(-c2nc3cccc4c3n2-c2cccc(-c3ccc5c(-c6ccc7ccccc7c6)c6ccccc6c(-c6ccc7ccccc7c6)c5c3)c2O4)cc1. The molecule has 260 valence electrons. The highest BCUT2D eigenvalue weighted by Gasteiger charge is 2.28. The zero-order valence-corrected chi connectivity index (χ0v) is 30.3. The van der Waals surface area contributed by atoms with E-state index in [9.17, 15) is 0 Å². The summed E-state index contributed by atoms with van der Waals surface area (Å²) in [6.07, 6.45) is 0. The Bertz CT molecular complexity index is 3400. The molecule has 1 aliphatic heterocycles. The third kappa shape index (κ3) is 4.61. The third-order valence-corrected chi connectivity index (χ3v) is 11.5. The quantitative estimate of drug-likeness (QED) is 0.170. The number of benzene rings is 10. The maximum atomic E-state index is 6.90. The molecule has 0 atom stereocenters. The fraction of sp³-hybridized carbons (Fsp3) is 0. The number of ether oxygens (including phenoxy) is 1. The highest BCUT2D eigenvalue weighted by atomic mass is 16.5. The van der Waals surface area contributed by atoms with Gasteiger partial charge in [-0.2, -0.15) is 0 Å². The highest BCUT2D eigenvalue weighted by Crippen LogP contribution is 2.50. The van der Waals surface area contributed by atoms with E-state index >= 15 is 0 Å².